The van der Waals surface area contributed by atoms with E-state index in [0.717, 1.165) is 34.7 Å². The number of nitrogens with zero attached hydrogens (tertiary/aromatic N) is 2. The fourth-order valence-corrected chi connectivity index (χ4v) is 2.89. The first-order valence-electron chi connectivity index (χ1n) is 6.48. The van der Waals surface area contributed by atoms with E-state index < -0.39 is 0 Å². The first kappa shape index (κ1) is 12.0. The number of rotatable bonds is 2. The molecule has 0 bridgehead atoms. The van der Waals surface area contributed by atoms with Crippen LogP contribution in [0.1, 0.15) is 45.0 Å². The van der Waals surface area contributed by atoms with Crippen molar-refractivity contribution in [2.75, 3.05) is 0 Å². The van der Waals surface area contributed by atoms with Crippen LogP contribution in [0.4, 0.5) is 0 Å². The second kappa shape index (κ2) is 3.97. The van der Waals surface area contributed by atoms with Gasteiger partial charge in [0.05, 0.1) is 16.6 Å². The minimum atomic E-state index is -0.240. The Hall–Kier alpha value is -1.06. The molecule has 1 saturated carbocycles. The van der Waals surface area contributed by atoms with Crippen LogP contribution in [-0.4, -0.2) is 9.55 Å². The summed E-state index contributed by atoms with van der Waals surface area (Å²) in [5.41, 5.74) is 8.28. The molecular formula is C14H18ClN3. The maximum Gasteiger partial charge on any atom is 0.130 e. The summed E-state index contributed by atoms with van der Waals surface area (Å²) in [7, 11) is 0. The molecule has 2 aromatic rings. The summed E-state index contributed by atoms with van der Waals surface area (Å²) < 4.78 is 2.25. The highest BCUT2D eigenvalue weighted by Gasteiger charge is 2.39. The van der Waals surface area contributed by atoms with Crippen molar-refractivity contribution in [1.82, 2.24) is 9.55 Å². The molecule has 0 aliphatic heterocycles. The van der Waals surface area contributed by atoms with Crippen LogP contribution in [0.2, 0.25) is 5.02 Å². The lowest BCUT2D eigenvalue weighted by atomic mass is 9.77. The van der Waals surface area contributed by atoms with E-state index in [0.29, 0.717) is 6.04 Å². The smallest absolute Gasteiger partial charge is 0.130 e. The maximum absolute atomic E-state index is 6.45. The highest BCUT2D eigenvalue weighted by molar-refractivity contribution is 6.31. The van der Waals surface area contributed by atoms with Crippen molar-refractivity contribution < 1.29 is 0 Å². The molecule has 4 heteroatoms. The summed E-state index contributed by atoms with van der Waals surface area (Å²) in [4.78, 5) is 4.74. The van der Waals surface area contributed by atoms with E-state index >= 15 is 0 Å². The Bertz CT molecular complexity index is 596. The standard InChI is InChI=1S/C14H18ClN3/c1-9(2)18-12-5-4-10(15)8-11(12)17-13(18)14(16)6-3-7-14/h4-5,8-9H,3,6-7,16H2,1-2H3. The fraction of sp³-hybridized carbons (Fsp3) is 0.500. The van der Waals surface area contributed by atoms with Gasteiger partial charge in [-0.1, -0.05) is 11.6 Å². The van der Waals surface area contributed by atoms with Crippen LogP contribution in [0.25, 0.3) is 11.0 Å². The van der Waals surface area contributed by atoms with Gasteiger partial charge in [0.25, 0.3) is 0 Å². The zero-order valence-corrected chi connectivity index (χ0v) is 11.5. The fourth-order valence-electron chi connectivity index (χ4n) is 2.73. The Balaban J connectivity index is 2.27. The van der Waals surface area contributed by atoms with Gasteiger partial charge in [0.1, 0.15) is 5.82 Å². The van der Waals surface area contributed by atoms with Gasteiger partial charge in [-0.25, -0.2) is 4.98 Å². The number of aromatic nitrogens is 2. The number of nitrogens with two attached hydrogens (primary N) is 1. The molecule has 1 aromatic heterocycles. The number of halogens is 1. The van der Waals surface area contributed by atoms with Crippen LogP contribution in [0, 0.1) is 0 Å². The van der Waals surface area contributed by atoms with E-state index in [-0.39, 0.29) is 5.54 Å². The summed E-state index contributed by atoms with van der Waals surface area (Å²) in [6, 6.07) is 6.22. The van der Waals surface area contributed by atoms with Crippen molar-refractivity contribution in [3.8, 4) is 0 Å². The molecule has 0 amide bonds. The average molecular weight is 264 g/mol. The van der Waals surface area contributed by atoms with E-state index in [1.807, 2.05) is 18.2 Å². The summed E-state index contributed by atoms with van der Waals surface area (Å²) in [6.45, 7) is 4.34. The van der Waals surface area contributed by atoms with Crippen LogP contribution < -0.4 is 5.73 Å². The van der Waals surface area contributed by atoms with Crippen LogP contribution in [-0.2, 0) is 5.54 Å². The highest BCUT2D eigenvalue weighted by atomic mass is 35.5. The second-order valence-electron chi connectivity index (χ2n) is 5.54. The molecule has 18 heavy (non-hydrogen) atoms. The molecule has 1 fully saturated rings. The van der Waals surface area contributed by atoms with E-state index in [4.69, 9.17) is 22.3 Å². The molecular weight excluding hydrogens is 246 g/mol. The summed E-state index contributed by atoms with van der Waals surface area (Å²) in [5.74, 6) is 1.01. The molecule has 0 saturated heterocycles. The highest BCUT2D eigenvalue weighted by Crippen LogP contribution is 2.40. The molecule has 3 rings (SSSR count). The van der Waals surface area contributed by atoms with Crippen molar-refractivity contribution in [2.24, 2.45) is 5.73 Å². The zero-order chi connectivity index (χ0) is 12.9. The molecule has 1 aliphatic rings. The van der Waals surface area contributed by atoms with Crippen molar-refractivity contribution >= 4 is 22.6 Å². The van der Waals surface area contributed by atoms with Gasteiger partial charge in [0.15, 0.2) is 0 Å². The van der Waals surface area contributed by atoms with Crippen LogP contribution >= 0.6 is 11.6 Å². The van der Waals surface area contributed by atoms with E-state index in [1.54, 1.807) is 0 Å². The minimum Gasteiger partial charge on any atom is -0.324 e. The van der Waals surface area contributed by atoms with Gasteiger partial charge in [0, 0.05) is 11.1 Å². The number of fused-ring (bicyclic) bond motifs is 1. The molecule has 0 spiro atoms. The summed E-state index contributed by atoms with van der Waals surface area (Å²) in [5, 5.41) is 0.724. The van der Waals surface area contributed by atoms with Crippen molar-refractivity contribution in [3.63, 3.8) is 0 Å². The van der Waals surface area contributed by atoms with Gasteiger partial charge < -0.3 is 10.3 Å². The Morgan fingerprint density at radius 1 is 1.39 bits per heavy atom. The SMILES string of the molecule is CC(C)n1c(C2(N)CCC2)nc2cc(Cl)ccc21. The third-order valence-electron chi connectivity index (χ3n) is 3.86. The number of imidazole rings is 1. The predicted octanol–water partition coefficient (Wildman–Crippen LogP) is 3.61. The zero-order valence-electron chi connectivity index (χ0n) is 10.8. The lowest BCUT2D eigenvalue weighted by Crippen LogP contribution is -2.45. The number of hydrogen-bond acceptors (Lipinski definition) is 2. The number of benzene rings is 1. The molecule has 0 unspecified atom stereocenters. The van der Waals surface area contributed by atoms with Crippen molar-refractivity contribution in [1.29, 1.82) is 0 Å². The molecule has 1 heterocycles. The monoisotopic (exact) mass is 263 g/mol. The van der Waals surface area contributed by atoms with Gasteiger partial charge in [-0.2, -0.15) is 0 Å². The van der Waals surface area contributed by atoms with Gasteiger partial charge in [-0.05, 0) is 51.3 Å². The van der Waals surface area contributed by atoms with Gasteiger partial charge in [0.2, 0.25) is 0 Å². The summed E-state index contributed by atoms with van der Waals surface area (Å²) >= 11 is 6.04. The lowest BCUT2D eigenvalue weighted by Gasteiger charge is -2.38. The molecule has 0 atom stereocenters. The largest absolute Gasteiger partial charge is 0.324 e. The molecule has 96 valence electrons. The predicted molar refractivity (Wildman–Crippen MR) is 74.8 cm³/mol. The Kier molecular flexibility index (Phi) is 2.65. The van der Waals surface area contributed by atoms with E-state index in [9.17, 15) is 0 Å². The van der Waals surface area contributed by atoms with Crippen LogP contribution in [0.3, 0.4) is 0 Å². The Morgan fingerprint density at radius 3 is 2.67 bits per heavy atom. The first-order valence-corrected chi connectivity index (χ1v) is 6.86. The van der Waals surface area contributed by atoms with Crippen LogP contribution in [0.15, 0.2) is 18.2 Å². The lowest BCUT2D eigenvalue weighted by molar-refractivity contribution is 0.228. The second-order valence-corrected chi connectivity index (χ2v) is 5.98. The van der Waals surface area contributed by atoms with Gasteiger partial charge in [-0.15, -0.1) is 0 Å². The third-order valence-corrected chi connectivity index (χ3v) is 4.09. The third kappa shape index (κ3) is 1.65. The molecule has 1 aliphatic carbocycles. The van der Waals surface area contributed by atoms with E-state index in [1.165, 1.54) is 6.42 Å². The molecule has 3 nitrogen and oxygen atoms in total. The van der Waals surface area contributed by atoms with Crippen LogP contribution in [0.5, 0.6) is 0 Å². The normalized spacial score (nSPS) is 18.3. The molecule has 2 N–H and O–H groups in total. The number of hydrogen-bond donors (Lipinski definition) is 1. The topological polar surface area (TPSA) is 43.8 Å². The molecule has 0 radical (unpaired) electrons. The van der Waals surface area contributed by atoms with E-state index in [2.05, 4.69) is 18.4 Å². The first-order chi connectivity index (χ1) is 8.51. The summed E-state index contributed by atoms with van der Waals surface area (Å²) in [6.07, 6.45) is 3.24. The Labute approximate surface area is 112 Å². The Morgan fingerprint density at radius 2 is 2.11 bits per heavy atom. The van der Waals surface area contributed by atoms with Crippen molar-refractivity contribution in [3.05, 3.63) is 29.0 Å². The average Bonchev–Trinajstić information content (AvgIpc) is 2.64. The maximum atomic E-state index is 6.45. The minimum absolute atomic E-state index is 0.240. The molecule has 1 aromatic carbocycles. The van der Waals surface area contributed by atoms with Crippen molar-refractivity contribution in [2.45, 2.75) is 44.7 Å². The quantitative estimate of drug-likeness (QED) is 0.900. The van der Waals surface area contributed by atoms with Gasteiger partial charge >= 0.3 is 0 Å². The van der Waals surface area contributed by atoms with Gasteiger partial charge in [-0.3, -0.25) is 0 Å².